The lowest BCUT2D eigenvalue weighted by Crippen LogP contribution is -2.52. The van der Waals surface area contributed by atoms with Crippen LogP contribution in [-0.4, -0.2) is 58.0 Å². The Balaban J connectivity index is 2.08. The number of sulfonamides is 1. The lowest BCUT2D eigenvalue weighted by atomic mass is 10.1. The van der Waals surface area contributed by atoms with Crippen LogP contribution >= 0.6 is 34.8 Å². The number of hydrogen-bond donors (Lipinski definition) is 1. The van der Waals surface area contributed by atoms with Crippen molar-refractivity contribution in [2.24, 2.45) is 0 Å². The van der Waals surface area contributed by atoms with Crippen LogP contribution in [0.2, 0.25) is 15.1 Å². The van der Waals surface area contributed by atoms with E-state index in [1.165, 1.54) is 67.7 Å². The van der Waals surface area contributed by atoms with Crippen molar-refractivity contribution in [2.45, 2.75) is 50.7 Å². The largest absolute Gasteiger partial charge is 0.493 e. The molecule has 0 radical (unpaired) electrons. The zero-order chi connectivity index (χ0) is 31.9. The number of halogens is 3. The molecule has 0 aliphatic heterocycles. The first-order valence-corrected chi connectivity index (χ1v) is 15.9. The summed E-state index contributed by atoms with van der Waals surface area (Å²) in [6.45, 7) is 4.65. The van der Waals surface area contributed by atoms with Gasteiger partial charge in [0.1, 0.15) is 12.6 Å². The quantitative estimate of drug-likeness (QED) is 0.233. The number of carbonyl (C=O) groups is 2. The maximum Gasteiger partial charge on any atom is 0.264 e. The number of rotatable bonds is 13. The van der Waals surface area contributed by atoms with Gasteiger partial charge in [-0.05, 0) is 74.4 Å². The number of methoxy groups -OCH3 is 2. The van der Waals surface area contributed by atoms with E-state index >= 15 is 0 Å². The van der Waals surface area contributed by atoms with Gasteiger partial charge >= 0.3 is 0 Å². The van der Waals surface area contributed by atoms with E-state index in [9.17, 15) is 18.0 Å². The highest BCUT2D eigenvalue weighted by Gasteiger charge is 2.33. The van der Waals surface area contributed by atoms with E-state index in [2.05, 4.69) is 5.32 Å². The minimum atomic E-state index is -4.35. The molecule has 1 N–H and O–H groups in total. The lowest BCUT2D eigenvalue weighted by molar-refractivity contribution is -0.139. The number of nitrogens with zero attached hydrogens (tertiary/aromatic N) is 2. The van der Waals surface area contributed by atoms with Crippen LogP contribution in [-0.2, 0) is 26.2 Å². The van der Waals surface area contributed by atoms with Crippen LogP contribution in [0.15, 0.2) is 65.6 Å². The van der Waals surface area contributed by atoms with Crippen molar-refractivity contribution in [2.75, 3.05) is 25.1 Å². The number of nitrogens with one attached hydrogen (secondary N) is 1. The van der Waals surface area contributed by atoms with Crippen molar-refractivity contribution >= 4 is 62.3 Å². The number of carbonyl (C=O) groups excluding carboxylic acids is 2. The van der Waals surface area contributed by atoms with E-state index < -0.39 is 34.4 Å². The summed E-state index contributed by atoms with van der Waals surface area (Å²) in [5.74, 6) is -0.506. The number of ether oxygens (including phenoxy) is 2. The Hall–Kier alpha value is -3.18. The molecule has 2 atom stereocenters. The lowest BCUT2D eigenvalue weighted by Gasteiger charge is -2.32. The van der Waals surface area contributed by atoms with Crippen LogP contribution in [0.5, 0.6) is 11.5 Å². The fourth-order valence-electron chi connectivity index (χ4n) is 4.12. The van der Waals surface area contributed by atoms with E-state index in [0.717, 1.165) is 4.31 Å². The summed E-state index contributed by atoms with van der Waals surface area (Å²) in [6.07, 6.45) is 0.684. The van der Waals surface area contributed by atoms with Gasteiger partial charge in [0.2, 0.25) is 11.8 Å². The number of benzene rings is 3. The summed E-state index contributed by atoms with van der Waals surface area (Å²) in [6, 6.07) is 13.9. The third-order valence-electron chi connectivity index (χ3n) is 6.86. The zero-order valence-corrected chi connectivity index (χ0v) is 27.5. The molecular formula is C30H34Cl3N3O6S. The second-order valence-corrected chi connectivity index (χ2v) is 12.9. The highest BCUT2D eigenvalue weighted by molar-refractivity contribution is 7.92. The van der Waals surface area contributed by atoms with E-state index in [4.69, 9.17) is 44.3 Å². The Morgan fingerprint density at radius 1 is 0.884 bits per heavy atom. The van der Waals surface area contributed by atoms with E-state index in [1.54, 1.807) is 19.1 Å². The molecule has 3 rings (SSSR count). The maximum atomic E-state index is 14.1. The fraction of sp³-hybridized carbons (Fsp3) is 0.333. The van der Waals surface area contributed by atoms with Gasteiger partial charge in [-0.3, -0.25) is 13.9 Å². The van der Waals surface area contributed by atoms with Gasteiger partial charge < -0.3 is 19.7 Å². The third-order valence-corrected chi connectivity index (χ3v) is 9.47. The minimum Gasteiger partial charge on any atom is -0.493 e. The van der Waals surface area contributed by atoms with E-state index in [1.807, 2.05) is 13.8 Å². The summed E-state index contributed by atoms with van der Waals surface area (Å²) >= 11 is 18.6. The molecule has 2 amide bonds. The van der Waals surface area contributed by atoms with Gasteiger partial charge in [-0.1, -0.05) is 47.8 Å². The van der Waals surface area contributed by atoms with Crippen LogP contribution in [0.25, 0.3) is 0 Å². The van der Waals surface area contributed by atoms with Crippen molar-refractivity contribution in [1.29, 1.82) is 0 Å². The van der Waals surface area contributed by atoms with Gasteiger partial charge in [-0.2, -0.15) is 0 Å². The molecule has 0 heterocycles. The zero-order valence-electron chi connectivity index (χ0n) is 24.4. The number of amides is 2. The summed E-state index contributed by atoms with van der Waals surface area (Å²) < 4.78 is 39.7. The van der Waals surface area contributed by atoms with Crippen LogP contribution in [0.3, 0.4) is 0 Å². The highest BCUT2D eigenvalue weighted by atomic mass is 35.5. The van der Waals surface area contributed by atoms with Gasteiger partial charge in [0.05, 0.1) is 24.8 Å². The van der Waals surface area contributed by atoms with Crippen LogP contribution in [0.1, 0.15) is 32.8 Å². The molecule has 43 heavy (non-hydrogen) atoms. The van der Waals surface area contributed by atoms with Gasteiger partial charge in [-0.25, -0.2) is 8.42 Å². The number of hydrogen-bond acceptors (Lipinski definition) is 6. The van der Waals surface area contributed by atoms with Gasteiger partial charge in [0.15, 0.2) is 11.5 Å². The summed E-state index contributed by atoms with van der Waals surface area (Å²) in [7, 11) is -1.52. The molecule has 0 spiro atoms. The first kappa shape index (κ1) is 34.3. The molecule has 0 aliphatic carbocycles. The first-order chi connectivity index (χ1) is 20.3. The summed E-state index contributed by atoms with van der Waals surface area (Å²) in [5.41, 5.74) is 0.720. The predicted molar refractivity (Wildman–Crippen MR) is 170 cm³/mol. The molecule has 0 saturated carbocycles. The monoisotopic (exact) mass is 669 g/mol. The molecule has 0 bridgehead atoms. The SMILES string of the molecule is CC[C@H](C)NC(=O)[C@@H](C)N(Cc1ccc(Cl)cc1Cl)C(=O)CN(c1ccc(Cl)cc1)S(=O)(=O)c1ccc(OC)c(OC)c1. The van der Waals surface area contributed by atoms with E-state index in [-0.39, 0.29) is 28.9 Å². The van der Waals surface area contributed by atoms with Crippen molar-refractivity contribution in [3.63, 3.8) is 0 Å². The summed E-state index contributed by atoms with van der Waals surface area (Å²) in [5, 5.41) is 3.97. The third kappa shape index (κ3) is 8.47. The Labute approximate surface area is 267 Å². The Kier molecular flexibility index (Phi) is 12.0. The first-order valence-electron chi connectivity index (χ1n) is 13.4. The average Bonchev–Trinajstić information content (AvgIpc) is 2.98. The normalized spacial score (nSPS) is 12.7. The van der Waals surface area contributed by atoms with Crippen LogP contribution in [0, 0.1) is 0 Å². The molecule has 0 fully saturated rings. The molecule has 0 aromatic heterocycles. The van der Waals surface area contributed by atoms with Gasteiger partial charge in [0.25, 0.3) is 10.0 Å². The molecule has 0 unspecified atom stereocenters. The van der Waals surface area contributed by atoms with Gasteiger partial charge in [-0.15, -0.1) is 0 Å². The second kappa shape index (κ2) is 15.0. The van der Waals surface area contributed by atoms with Crippen molar-refractivity contribution < 1.29 is 27.5 Å². The molecule has 0 aliphatic rings. The number of anilines is 1. The molecule has 3 aromatic rings. The predicted octanol–water partition coefficient (Wildman–Crippen LogP) is 6.19. The fourth-order valence-corrected chi connectivity index (χ4v) is 6.15. The molecule has 232 valence electrons. The van der Waals surface area contributed by atoms with Crippen LogP contribution < -0.4 is 19.1 Å². The van der Waals surface area contributed by atoms with E-state index in [0.29, 0.717) is 32.8 Å². The van der Waals surface area contributed by atoms with Crippen molar-refractivity contribution in [1.82, 2.24) is 10.2 Å². The van der Waals surface area contributed by atoms with Crippen LogP contribution in [0.4, 0.5) is 5.69 Å². The maximum absolute atomic E-state index is 14.1. The average molecular weight is 671 g/mol. The Bertz CT molecular complexity index is 1550. The highest BCUT2D eigenvalue weighted by Crippen LogP contribution is 2.33. The molecular weight excluding hydrogens is 637 g/mol. The topological polar surface area (TPSA) is 105 Å². The molecule has 13 heteroatoms. The van der Waals surface area contributed by atoms with Crippen molar-refractivity contribution in [3.8, 4) is 11.5 Å². The standard InChI is InChI=1S/C30H34Cl3N3O6S/c1-6-19(2)34-30(38)20(3)35(17-21-7-8-23(32)15-26(21)33)29(37)18-36(24-11-9-22(31)10-12-24)43(39,40)25-13-14-27(41-4)28(16-25)42-5/h7-16,19-20H,6,17-18H2,1-5H3,(H,34,38)/t19-,20+/m0/s1. The minimum absolute atomic E-state index is 0.0746. The Morgan fingerprint density at radius 2 is 1.51 bits per heavy atom. The molecule has 3 aromatic carbocycles. The summed E-state index contributed by atoms with van der Waals surface area (Å²) in [4.78, 5) is 28.4. The van der Waals surface area contributed by atoms with Gasteiger partial charge in [0, 0.05) is 33.7 Å². The Morgan fingerprint density at radius 3 is 2.09 bits per heavy atom. The smallest absolute Gasteiger partial charge is 0.264 e. The molecule has 9 nitrogen and oxygen atoms in total. The molecule has 0 saturated heterocycles. The second-order valence-electron chi connectivity index (χ2n) is 9.76. The van der Waals surface area contributed by atoms with Crippen molar-refractivity contribution in [3.05, 3.63) is 81.3 Å².